The van der Waals surface area contributed by atoms with E-state index in [1.807, 2.05) is 72.2 Å². The molecule has 14 heteroatoms. The lowest BCUT2D eigenvalue weighted by molar-refractivity contribution is 0.480. The van der Waals surface area contributed by atoms with Crippen molar-refractivity contribution in [3.05, 3.63) is 149 Å². The van der Waals surface area contributed by atoms with Crippen LogP contribution in [0.2, 0.25) is 0 Å². The molecule has 0 radical (unpaired) electrons. The van der Waals surface area contributed by atoms with E-state index in [0.717, 1.165) is 22.5 Å². The number of rotatable bonds is 14. The fraction of sp³-hybridized carbons (Fsp3) is 0.189. The smallest absolute Gasteiger partial charge is 0.294 e. The van der Waals surface area contributed by atoms with E-state index in [4.69, 9.17) is 0 Å². The molecular weight excluding hydrogens is 713 g/mol. The van der Waals surface area contributed by atoms with Crippen molar-refractivity contribution in [2.45, 2.75) is 47.5 Å². The van der Waals surface area contributed by atoms with Gasteiger partial charge in [-0.25, -0.2) is 0 Å². The summed E-state index contributed by atoms with van der Waals surface area (Å²) in [6, 6.07) is 33.5. The third-order valence-electron chi connectivity index (χ3n) is 8.59. The van der Waals surface area contributed by atoms with Crippen molar-refractivity contribution in [1.82, 2.24) is 0 Å². The Bertz CT molecular complexity index is 2200. The molecule has 0 aliphatic carbocycles. The largest absolute Gasteiger partial charge is 0.367 e. The summed E-state index contributed by atoms with van der Waals surface area (Å²) in [5.41, 5.74) is 4.90. The highest BCUT2D eigenvalue weighted by molar-refractivity contribution is 7.86. The van der Waals surface area contributed by atoms with Crippen LogP contribution < -0.4 is 9.80 Å². The number of hydrogen-bond donors (Lipinski definition) is 3. The van der Waals surface area contributed by atoms with E-state index in [1.165, 1.54) is 30.3 Å². The van der Waals surface area contributed by atoms with Gasteiger partial charge in [-0.2, -0.15) is 25.3 Å². The molecule has 5 aromatic rings. The third kappa shape index (κ3) is 9.22. The molecule has 0 aliphatic rings. The van der Waals surface area contributed by atoms with Gasteiger partial charge in [0.2, 0.25) is 0 Å². The highest BCUT2D eigenvalue weighted by atomic mass is 32.2. The van der Waals surface area contributed by atoms with Crippen LogP contribution in [-0.2, 0) is 43.4 Å². The average Bonchev–Trinajstić information content (AvgIpc) is 3.10. The van der Waals surface area contributed by atoms with Crippen LogP contribution in [0.1, 0.15) is 47.6 Å². The fourth-order valence-corrected chi connectivity index (χ4v) is 7.92. The molecule has 5 rings (SSSR count). The lowest BCUT2D eigenvalue weighted by atomic mass is 9.85. The first-order valence-corrected chi connectivity index (χ1v) is 20.3. The number of hydrogen-bond acceptors (Lipinski definition) is 8. The summed E-state index contributed by atoms with van der Waals surface area (Å²) in [5, 5.41) is 0. The van der Waals surface area contributed by atoms with E-state index in [2.05, 4.69) is 0 Å². The van der Waals surface area contributed by atoms with Crippen LogP contribution in [0.3, 0.4) is 0 Å². The van der Waals surface area contributed by atoms with Crippen molar-refractivity contribution in [2.24, 2.45) is 0 Å². The van der Waals surface area contributed by atoms with Crippen LogP contribution in [0.15, 0.2) is 136 Å². The Labute approximate surface area is 299 Å². The van der Waals surface area contributed by atoms with E-state index in [9.17, 15) is 38.9 Å². The van der Waals surface area contributed by atoms with E-state index >= 15 is 0 Å². The lowest BCUT2D eigenvalue weighted by Gasteiger charge is -2.26. The Kier molecular flexibility index (Phi) is 11.3. The molecule has 0 saturated carbocycles. The Hall–Kier alpha value is -4.57. The average molecular weight is 751 g/mol. The molecule has 0 bridgehead atoms. The summed E-state index contributed by atoms with van der Waals surface area (Å²) in [6.07, 6.45) is 0. The summed E-state index contributed by atoms with van der Waals surface area (Å²) in [5.74, 6) is -0.603. The molecule has 0 aromatic heterocycles. The topological polar surface area (TPSA) is 170 Å². The highest BCUT2D eigenvalue weighted by Gasteiger charge is 2.25. The van der Waals surface area contributed by atoms with Gasteiger partial charge in [-0.05, 0) is 96.3 Å². The van der Waals surface area contributed by atoms with Crippen molar-refractivity contribution < 1.29 is 38.9 Å². The van der Waals surface area contributed by atoms with Gasteiger partial charge in [-0.15, -0.1) is 0 Å². The molecule has 0 atom stereocenters. The molecule has 268 valence electrons. The van der Waals surface area contributed by atoms with Crippen LogP contribution >= 0.6 is 0 Å². The first-order valence-electron chi connectivity index (χ1n) is 16.0. The van der Waals surface area contributed by atoms with Gasteiger partial charge in [0.25, 0.3) is 30.4 Å². The minimum atomic E-state index is -4.58. The minimum Gasteiger partial charge on any atom is -0.367 e. The van der Waals surface area contributed by atoms with Crippen molar-refractivity contribution in [2.75, 3.05) is 22.9 Å². The molecule has 0 spiro atoms. The zero-order valence-corrected chi connectivity index (χ0v) is 30.3. The van der Waals surface area contributed by atoms with Crippen molar-refractivity contribution in [3.8, 4) is 0 Å². The summed E-state index contributed by atoms with van der Waals surface area (Å²) in [6.45, 7) is 5.81. The van der Waals surface area contributed by atoms with Crippen LogP contribution in [-0.4, -0.2) is 52.0 Å². The van der Waals surface area contributed by atoms with Gasteiger partial charge in [-0.3, -0.25) is 13.7 Å². The van der Waals surface area contributed by atoms with Gasteiger partial charge >= 0.3 is 0 Å². The zero-order chi connectivity index (χ0) is 37.0. The first kappa shape index (κ1) is 37.7. The maximum absolute atomic E-state index is 12.5. The van der Waals surface area contributed by atoms with Gasteiger partial charge in [-0.1, -0.05) is 66.7 Å². The second-order valence-corrected chi connectivity index (χ2v) is 16.1. The molecule has 5 aromatic carbocycles. The molecule has 0 heterocycles. The molecule has 0 amide bonds. The summed E-state index contributed by atoms with van der Waals surface area (Å²) in [4.78, 5) is 3.45. The SMILES string of the molecule is CCN(Cc1cccc(S(=O)(=O)O)c1)c1ccc(C(c2ccc(N(CC)Cc3cccc(S(=O)(=O)O)c3)cc2)c2ccccc2S(=O)(=O)O)cc1. The second-order valence-electron chi connectivity index (χ2n) is 11.9. The molecule has 3 N–H and O–H groups in total. The zero-order valence-electron chi connectivity index (χ0n) is 27.9. The van der Waals surface area contributed by atoms with Gasteiger partial charge in [0.1, 0.15) is 0 Å². The molecule has 51 heavy (non-hydrogen) atoms. The van der Waals surface area contributed by atoms with Crippen LogP contribution in [0.25, 0.3) is 0 Å². The highest BCUT2D eigenvalue weighted by Crippen LogP contribution is 2.37. The van der Waals surface area contributed by atoms with E-state index < -0.39 is 36.3 Å². The molecule has 11 nitrogen and oxygen atoms in total. The lowest BCUT2D eigenvalue weighted by Crippen LogP contribution is -2.22. The summed E-state index contributed by atoms with van der Waals surface area (Å²) in [7, 11) is -13.3. The number of nitrogens with zero attached hydrogens (tertiary/aromatic N) is 2. The summed E-state index contributed by atoms with van der Waals surface area (Å²) >= 11 is 0. The maximum atomic E-state index is 12.5. The molecule has 0 saturated heterocycles. The predicted octanol–water partition coefficient (Wildman–Crippen LogP) is 6.66. The number of benzene rings is 5. The minimum absolute atomic E-state index is 0.189. The van der Waals surface area contributed by atoms with Crippen molar-refractivity contribution in [3.63, 3.8) is 0 Å². The first-order chi connectivity index (χ1) is 24.1. The van der Waals surface area contributed by atoms with Crippen molar-refractivity contribution in [1.29, 1.82) is 0 Å². The summed E-state index contributed by atoms with van der Waals surface area (Å²) < 4.78 is 101. The van der Waals surface area contributed by atoms with Crippen LogP contribution in [0.4, 0.5) is 11.4 Å². The predicted molar refractivity (Wildman–Crippen MR) is 196 cm³/mol. The van der Waals surface area contributed by atoms with Crippen LogP contribution in [0, 0.1) is 0 Å². The fourth-order valence-electron chi connectivity index (χ4n) is 6.08. The standard InChI is InChI=1S/C37H38N2O9S3/c1-3-38(25-27-9-7-11-33(23-27)49(40,41)42)31-19-15-29(16-20-31)37(35-13-5-6-14-36(35)51(46,47)48)30-17-21-32(22-18-30)39(4-2)26-28-10-8-12-34(24-28)50(43,44)45/h5-24,37H,3-4,25-26H2,1-2H3,(H,40,41,42)(H,43,44,45)(H,46,47,48). The van der Waals surface area contributed by atoms with E-state index in [1.54, 1.807) is 42.5 Å². The van der Waals surface area contributed by atoms with Crippen LogP contribution in [0.5, 0.6) is 0 Å². The third-order valence-corrected chi connectivity index (χ3v) is 11.2. The maximum Gasteiger partial charge on any atom is 0.294 e. The Morgan fingerprint density at radius 1 is 0.510 bits per heavy atom. The van der Waals surface area contributed by atoms with Gasteiger partial charge in [0, 0.05) is 43.5 Å². The normalized spacial score (nSPS) is 12.2. The monoisotopic (exact) mass is 750 g/mol. The Balaban J connectivity index is 1.49. The Morgan fingerprint density at radius 3 is 1.29 bits per heavy atom. The van der Waals surface area contributed by atoms with Crippen molar-refractivity contribution >= 4 is 41.7 Å². The van der Waals surface area contributed by atoms with Gasteiger partial charge in [0.15, 0.2) is 0 Å². The van der Waals surface area contributed by atoms with E-state index in [-0.39, 0.29) is 14.7 Å². The molecule has 0 aliphatic heterocycles. The second kappa shape index (κ2) is 15.4. The molecular formula is C37H38N2O9S3. The van der Waals surface area contributed by atoms with E-state index in [0.29, 0.717) is 42.9 Å². The molecule has 0 fully saturated rings. The quantitative estimate of drug-likeness (QED) is 0.0820. The van der Waals surface area contributed by atoms with Gasteiger partial charge < -0.3 is 9.80 Å². The Morgan fingerprint density at radius 2 is 0.922 bits per heavy atom. The van der Waals surface area contributed by atoms with Gasteiger partial charge in [0.05, 0.1) is 14.7 Å². The number of anilines is 2. The molecule has 0 unspecified atom stereocenters.